The standard InChI is InChI=1S/C35H32BrNO7/c1-40-30-14-12-24-26(17-29(30)38)28(13-9-19-15-31(41-2)33(42-3)34(43-4)32(19)24)37-35(39)44-18-27-22-8-6-5-7-21(22)23-11-10-20(36)16-25(23)27/h5-12,14-17,27-28,33H,13,18H2,1-4H3,(H,37,39). The third kappa shape index (κ3) is 5.20. The van der Waals surface area contributed by atoms with E-state index in [9.17, 15) is 9.59 Å². The second-order valence-corrected chi connectivity index (χ2v) is 11.6. The largest absolute Gasteiger partial charge is 0.498 e. The van der Waals surface area contributed by atoms with E-state index in [1.807, 2.05) is 36.4 Å². The quantitative estimate of drug-likeness (QED) is 0.304. The number of hydrogen-bond donors (Lipinski definition) is 1. The minimum absolute atomic E-state index is 0.107. The van der Waals surface area contributed by atoms with Crippen LogP contribution in [-0.4, -0.2) is 47.2 Å². The molecule has 3 aromatic carbocycles. The Balaban J connectivity index is 1.35. The molecule has 3 aliphatic rings. The van der Waals surface area contributed by atoms with Gasteiger partial charge in [-0.05, 0) is 75.7 Å². The summed E-state index contributed by atoms with van der Waals surface area (Å²) in [6, 6.07) is 18.7. The van der Waals surface area contributed by atoms with Crippen molar-refractivity contribution >= 4 is 27.6 Å². The molecule has 3 aliphatic carbocycles. The number of allylic oxidation sites excluding steroid dienone is 3. The summed E-state index contributed by atoms with van der Waals surface area (Å²) in [6.07, 6.45) is 3.10. The summed E-state index contributed by atoms with van der Waals surface area (Å²) < 4.78 is 29.4. The number of nitrogens with one attached hydrogen (secondary N) is 1. The van der Waals surface area contributed by atoms with Crippen LogP contribution in [0.25, 0.3) is 16.7 Å². The van der Waals surface area contributed by atoms with Crippen molar-refractivity contribution in [3.8, 4) is 16.9 Å². The van der Waals surface area contributed by atoms with Crippen molar-refractivity contribution in [2.24, 2.45) is 0 Å². The molecule has 44 heavy (non-hydrogen) atoms. The van der Waals surface area contributed by atoms with Gasteiger partial charge in [0.1, 0.15) is 18.1 Å². The second kappa shape index (κ2) is 12.3. The van der Waals surface area contributed by atoms with Gasteiger partial charge in [0.05, 0.1) is 27.4 Å². The van der Waals surface area contributed by atoms with Gasteiger partial charge < -0.3 is 29.0 Å². The van der Waals surface area contributed by atoms with Crippen molar-refractivity contribution in [2.75, 3.05) is 35.0 Å². The topological polar surface area (TPSA) is 92.3 Å². The highest BCUT2D eigenvalue weighted by Crippen LogP contribution is 2.46. The molecule has 0 saturated carbocycles. The SMILES string of the molecule is COC1=CC2=CCC(NC(=O)OCC3c4ccccc4-c4ccc(Br)cc43)c3cc(=O)c(OC)ccc3C2=C(OC)C1OC. The summed E-state index contributed by atoms with van der Waals surface area (Å²) in [5, 5.41) is 3.03. The number of benzene rings is 2. The molecule has 1 N–H and O–H groups in total. The fourth-order valence-corrected chi connectivity index (χ4v) is 6.75. The second-order valence-electron chi connectivity index (χ2n) is 10.7. The molecule has 0 heterocycles. The third-order valence-corrected chi connectivity index (χ3v) is 8.88. The zero-order valence-electron chi connectivity index (χ0n) is 24.8. The Labute approximate surface area is 264 Å². The molecular weight excluding hydrogens is 626 g/mol. The number of halogens is 1. The Kier molecular flexibility index (Phi) is 8.33. The molecule has 0 radical (unpaired) electrons. The lowest BCUT2D eigenvalue weighted by atomic mass is 9.88. The molecule has 0 aromatic heterocycles. The van der Waals surface area contributed by atoms with Crippen molar-refractivity contribution in [1.29, 1.82) is 0 Å². The molecule has 0 bridgehead atoms. The highest BCUT2D eigenvalue weighted by molar-refractivity contribution is 9.10. The van der Waals surface area contributed by atoms with Crippen LogP contribution in [0.2, 0.25) is 0 Å². The number of alkyl carbamates (subject to hydrolysis) is 1. The van der Waals surface area contributed by atoms with Crippen LogP contribution in [0.3, 0.4) is 0 Å². The molecule has 3 aromatic rings. The van der Waals surface area contributed by atoms with E-state index < -0.39 is 18.2 Å². The average Bonchev–Trinajstić information content (AvgIpc) is 3.13. The van der Waals surface area contributed by atoms with Crippen LogP contribution in [0.15, 0.2) is 99.2 Å². The molecule has 6 rings (SSSR count). The van der Waals surface area contributed by atoms with Crippen LogP contribution in [-0.2, 0) is 18.9 Å². The molecule has 0 spiro atoms. The molecule has 9 heteroatoms. The van der Waals surface area contributed by atoms with Crippen LogP contribution in [0.1, 0.15) is 40.6 Å². The fourth-order valence-electron chi connectivity index (χ4n) is 6.38. The minimum Gasteiger partial charge on any atom is -0.498 e. The Morgan fingerprint density at radius 1 is 0.886 bits per heavy atom. The lowest BCUT2D eigenvalue weighted by molar-refractivity contribution is 0.0615. The number of amides is 1. The van der Waals surface area contributed by atoms with E-state index in [0.29, 0.717) is 29.1 Å². The van der Waals surface area contributed by atoms with Crippen LogP contribution in [0.4, 0.5) is 4.79 Å². The predicted octanol–water partition coefficient (Wildman–Crippen LogP) is 6.64. The van der Waals surface area contributed by atoms with Crippen LogP contribution < -0.4 is 15.5 Å². The first kappa shape index (κ1) is 29.7. The van der Waals surface area contributed by atoms with E-state index >= 15 is 0 Å². The van der Waals surface area contributed by atoms with E-state index in [-0.39, 0.29) is 23.7 Å². The normalized spacial score (nSPS) is 19.7. The van der Waals surface area contributed by atoms with Gasteiger partial charge in [0.2, 0.25) is 5.43 Å². The van der Waals surface area contributed by atoms with Gasteiger partial charge in [-0.25, -0.2) is 4.79 Å². The number of hydrogen-bond acceptors (Lipinski definition) is 7. The zero-order valence-corrected chi connectivity index (χ0v) is 26.4. The Hall–Kier alpha value is -4.34. The summed E-state index contributed by atoms with van der Waals surface area (Å²) in [6.45, 7) is 0.157. The minimum atomic E-state index is -0.587. The maximum atomic E-state index is 13.4. The number of fused-ring (bicyclic) bond motifs is 6. The molecule has 0 fully saturated rings. The predicted molar refractivity (Wildman–Crippen MR) is 170 cm³/mol. The van der Waals surface area contributed by atoms with Gasteiger partial charge in [-0.15, -0.1) is 0 Å². The molecule has 1 amide bonds. The highest BCUT2D eigenvalue weighted by atomic mass is 79.9. The van der Waals surface area contributed by atoms with E-state index in [1.165, 1.54) is 13.2 Å². The summed E-state index contributed by atoms with van der Waals surface area (Å²) in [7, 11) is 6.18. The van der Waals surface area contributed by atoms with Gasteiger partial charge in [0.25, 0.3) is 0 Å². The molecule has 226 valence electrons. The van der Waals surface area contributed by atoms with Crippen molar-refractivity contribution in [1.82, 2.24) is 5.32 Å². The van der Waals surface area contributed by atoms with Gasteiger partial charge in [-0.3, -0.25) is 4.79 Å². The lowest BCUT2D eigenvalue weighted by Crippen LogP contribution is -2.30. The molecule has 3 atom stereocenters. The Morgan fingerprint density at radius 3 is 2.41 bits per heavy atom. The smallest absolute Gasteiger partial charge is 0.407 e. The number of carbonyl (C=O) groups is 1. The number of methoxy groups -OCH3 is 4. The maximum absolute atomic E-state index is 13.4. The van der Waals surface area contributed by atoms with Gasteiger partial charge in [-0.2, -0.15) is 0 Å². The number of rotatable bonds is 7. The molecular formula is C35H32BrNO7. The highest BCUT2D eigenvalue weighted by Gasteiger charge is 2.35. The average molecular weight is 659 g/mol. The van der Waals surface area contributed by atoms with Crippen LogP contribution in [0.5, 0.6) is 5.75 Å². The Bertz CT molecular complexity index is 1790. The summed E-state index contributed by atoms with van der Waals surface area (Å²) >= 11 is 3.58. The van der Waals surface area contributed by atoms with Gasteiger partial charge >= 0.3 is 6.09 Å². The first-order valence-corrected chi connectivity index (χ1v) is 15.0. The summed E-state index contributed by atoms with van der Waals surface area (Å²) in [5.74, 6) is 1.19. The van der Waals surface area contributed by atoms with Crippen molar-refractivity contribution in [3.63, 3.8) is 0 Å². The first-order chi connectivity index (χ1) is 21.4. The number of ether oxygens (including phenoxy) is 5. The molecule has 8 nitrogen and oxygen atoms in total. The van der Waals surface area contributed by atoms with Crippen molar-refractivity contribution in [3.05, 3.63) is 127 Å². The fraction of sp³-hybridized carbons (Fsp3) is 0.257. The zero-order chi connectivity index (χ0) is 31.0. The van der Waals surface area contributed by atoms with E-state index in [4.69, 9.17) is 23.7 Å². The van der Waals surface area contributed by atoms with Gasteiger partial charge in [0, 0.05) is 23.1 Å². The third-order valence-electron chi connectivity index (χ3n) is 8.39. The van der Waals surface area contributed by atoms with Crippen molar-refractivity contribution in [2.45, 2.75) is 24.5 Å². The maximum Gasteiger partial charge on any atom is 0.407 e. The van der Waals surface area contributed by atoms with E-state index in [0.717, 1.165) is 37.9 Å². The molecule has 3 unspecified atom stereocenters. The Morgan fingerprint density at radius 2 is 1.66 bits per heavy atom. The van der Waals surface area contributed by atoms with E-state index in [2.05, 4.69) is 45.5 Å². The van der Waals surface area contributed by atoms with Gasteiger partial charge in [0.15, 0.2) is 11.9 Å². The molecule has 0 saturated heterocycles. The number of carbonyl (C=O) groups excluding carboxylic acids is 1. The monoisotopic (exact) mass is 657 g/mol. The van der Waals surface area contributed by atoms with Crippen LogP contribution in [0, 0.1) is 0 Å². The first-order valence-electron chi connectivity index (χ1n) is 14.2. The van der Waals surface area contributed by atoms with Crippen LogP contribution >= 0.6 is 15.9 Å². The summed E-state index contributed by atoms with van der Waals surface area (Å²) in [4.78, 5) is 26.6. The van der Waals surface area contributed by atoms with Crippen molar-refractivity contribution < 1.29 is 28.5 Å². The summed E-state index contributed by atoms with van der Waals surface area (Å²) in [5.41, 5.74) is 7.06. The van der Waals surface area contributed by atoms with Gasteiger partial charge in [-0.1, -0.05) is 58.4 Å². The molecule has 0 aliphatic heterocycles. The van der Waals surface area contributed by atoms with E-state index in [1.54, 1.807) is 27.4 Å². The lowest BCUT2D eigenvalue weighted by Gasteiger charge is -2.28.